The van der Waals surface area contributed by atoms with Crippen LogP contribution in [0.2, 0.25) is 5.02 Å². The number of hydrogen-bond acceptors (Lipinski definition) is 5. The zero-order chi connectivity index (χ0) is 27.4. The third-order valence-corrected chi connectivity index (χ3v) is 7.19. The highest BCUT2D eigenvalue weighted by atomic mass is 35.5. The topological polar surface area (TPSA) is 110 Å². The van der Waals surface area contributed by atoms with E-state index >= 15 is 0 Å². The first kappa shape index (κ1) is 27.9. The molecule has 0 aliphatic heterocycles. The van der Waals surface area contributed by atoms with Gasteiger partial charge in [0.15, 0.2) is 0 Å². The molecule has 0 heterocycles. The van der Waals surface area contributed by atoms with E-state index in [-0.39, 0.29) is 18.0 Å². The minimum Gasteiger partial charge on any atom is -0.354 e. The highest BCUT2D eigenvalue weighted by Crippen LogP contribution is 2.34. The number of anilines is 1. The fourth-order valence-corrected chi connectivity index (χ4v) is 4.88. The summed E-state index contributed by atoms with van der Waals surface area (Å²) in [4.78, 5) is 22.3. The van der Waals surface area contributed by atoms with Crippen molar-refractivity contribution in [2.75, 3.05) is 17.4 Å². The smallest absolute Gasteiger partial charge is 0.354 e. The van der Waals surface area contributed by atoms with Gasteiger partial charge in [-0.05, 0) is 54.4 Å². The number of hydrogen-bond donors (Lipinski definition) is 1. The molecular weight excluding hydrogens is 542 g/mol. The molecular formula is C23H18ClF4N3O5S. The van der Waals surface area contributed by atoms with Gasteiger partial charge in [0.1, 0.15) is 17.4 Å². The van der Waals surface area contributed by atoms with E-state index in [9.17, 15) is 40.9 Å². The number of carbonyl (C=O) groups excluding carboxylic acids is 1. The molecule has 37 heavy (non-hydrogen) atoms. The van der Waals surface area contributed by atoms with Gasteiger partial charge >= 0.3 is 6.18 Å². The van der Waals surface area contributed by atoms with Crippen molar-refractivity contribution in [2.24, 2.45) is 0 Å². The standard InChI is InChI=1S/C23H18ClF4N3O5S/c24-20-9-8-19(13-21(20)31(33)34)37(35,36)30(18-3-1-2-16(12-18)23(26,27)28)14-22(32)29-11-10-15-4-6-17(25)7-5-15/h1-9,12-13H,10-11,14H2,(H,29,32). The number of nitro groups is 1. The fourth-order valence-electron chi connectivity index (χ4n) is 3.26. The number of halogens is 5. The average molecular weight is 560 g/mol. The van der Waals surface area contributed by atoms with Gasteiger partial charge in [0.05, 0.1) is 21.1 Å². The van der Waals surface area contributed by atoms with Gasteiger partial charge in [-0.15, -0.1) is 0 Å². The molecule has 1 N–H and O–H groups in total. The van der Waals surface area contributed by atoms with E-state index in [1.807, 2.05) is 0 Å². The number of nitrogens with one attached hydrogen (secondary N) is 1. The molecule has 0 saturated heterocycles. The van der Waals surface area contributed by atoms with Gasteiger partial charge < -0.3 is 5.32 Å². The van der Waals surface area contributed by atoms with Crippen LogP contribution in [0, 0.1) is 15.9 Å². The molecule has 0 bridgehead atoms. The Morgan fingerprint density at radius 2 is 1.73 bits per heavy atom. The number of rotatable bonds is 9. The summed E-state index contributed by atoms with van der Waals surface area (Å²) in [7, 11) is -4.77. The zero-order valence-electron chi connectivity index (χ0n) is 18.7. The van der Waals surface area contributed by atoms with Gasteiger partial charge in [0, 0.05) is 12.6 Å². The molecule has 14 heteroatoms. The summed E-state index contributed by atoms with van der Waals surface area (Å²) < 4.78 is 80.1. The van der Waals surface area contributed by atoms with E-state index in [4.69, 9.17) is 11.6 Å². The number of amides is 1. The maximum absolute atomic E-state index is 13.4. The van der Waals surface area contributed by atoms with Crippen LogP contribution in [0.5, 0.6) is 0 Å². The minimum absolute atomic E-state index is 0.0212. The molecule has 3 aromatic rings. The Hall–Kier alpha value is -3.71. The molecule has 1 amide bonds. The second kappa shape index (κ2) is 11.1. The van der Waals surface area contributed by atoms with Gasteiger partial charge in [-0.25, -0.2) is 12.8 Å². The van der Waals surface area contributed by atoms with Crippen molar-refractivity contribution in [2.45, 2.75) is 17.5 Å². The van der Waals surface area contributed by atoms with E-state index < -0.39 is 61.2 Å². The first-order valence-electron chi connectivity index (χ1n) is 10.4. The van der Waals surface area contributed by atoms with Crippen molar-refractivity contribution >= 4 is 38.9 Å². The Labute approximate surface area is 213 Å². The number of benzene rings is 3. The summed E-state index contributed by atoms with van der Waals surface area (Å²) >= 11 is 5.75. The van der Waals surface area contributed by atoms with Crippen molar-refractivity contribution in [3.8, 4) is 0 Å². The van der Waals surface area contributed by atoms with Gasteiger partial charge in [0.2, 0.25) is 5.91 Å². The van der Waals surface area contributed by atoms with Gasteiger partial charge in [0.25, 0.3) is 15.7 Å². The van der Waals surface area contributed by atoms with E-state index in [0.717, 1.165) is 30.3 Å². The van der Waals surface area contributed by atoms with Crippen LogP contribution in [0.3, 0.4) is 0 Å². The van der Waals surface area contributed by atoms with Crippen LogP contribution in [0.15, 0.2) is 71.6 Å². The molecule has 196 valence electrons. The largest absolute Gasteiger partial charge is 0.416 e. The third-order valence-electron chi connectivity index (χ3n) is 5.10. The van der Waals surface area contributed by atoms with Crippen LogP contribution in [-0.2, 0) is 27.4 Å². The summed E-state index contributed by atoms with van der Waals surface area (Å²) in [6, 6.07) is 11.3. The van der Waals surface area contributed by atoms with E-state index in [1.165, 1.54) is 24.3 Å². The molecule has 3 aromatic carbocycles. The Morgan fingerprint density at radius 3 is 2.35 bits per heavy atom. The van der Waals surface area contributed by atoms with Crippen molar-refractivity contribution in [1.29, 1.82) is 0 Å². The molecule has 8 nitrogen and oxygen atoms in total. The summed E-state index contributed by atoms with van der Waals surface area (Å²) in [6.45, 7) is -0.906. The maximum Gasteiger partial charge on any atom is 0.416 e. The normalized spacial score (nSPS) is 11.7. The molecule has 0 saturated carbocycles. The summed E-state index contributed by atoms with van der Waals surface area (Å²) in [5.41, 5.74) is -1.71. The fraction of sp³-hybridized carbons (Fsp3) is 0.174. The van der Waals surface area contributed by atoms with Crippen LogP contribution >= 0.6 is 11.6 Å². The van der Waals surface area contributed by atoms with Gasteiger partial charge in [-0.2, -0.15) is 13.2 Å². The van der Waals surface area contributed by atoms with E-state index in [1.54, 1.807) is 0 Å². The number of nitrogens with zero attached hydrogens (tertiary/aromatic N) is 2. The second-order valence-electron chi connectivity index (χ2n) is 7.66. The SMILES string of the molecule is O=C(CN(c1cccc(C(F)(F)F)c1)S(=O)(=O)c1ccc(Cl)c([N+](=O)[O-])c1)NCCc1ccc(F)cc1. The number of carbonyl (C=O) groups is 1. The highest BCUT2D eigenvalue weighted by Gasteiger charge is 2.34. The Morgan fingerprint density at radius 1 is 1.05 bits per heavy atom. The summed E-state index contributed by atoms with van der Waals surface area (Å²) in [5, 5.41) is 13.3. The van der Waals surface area contributed by atoms with Crippen molar-refractivity contribution < 1.29 is 35.7 Å². The molecule has 0 aliphatic rings. The Balaban J connectivity index is 1.93. The lowest BCUT2D eigenvalue weighted by Gasteiger charge is -2.25. The van der Waals surface area contributed by atoms with Crippen molar-refractivity contribution in [1.82, 2.24) is 5.32 Å². The van der Waals surface area contributed by atoms with Gasteiger partial charge in [-0.1, -0.05) is 29.8 Å². The van der Waals surface area contributed by atoms with Crippen LogP contribution in [-0.4, -0.2) is 32.3 Å². The Kier molecular flexibility index (Phi) is 8.39. The van der Waals surface area contributed by atoms with Crippen molar-refractivity contribution in [3.05, 3.63) is 98.8 Å². The third kappa shape index (κ3) is 6.95. The van der Waals surface area contributed by atoms with E-state index in [0.29, 0.717) is 22.0 Å². The van der Waals surface area contributed by atoms with E-state index in [2.05, 4.69) is 5.32 Å². The monoisotopic (exact) mass is 559 g/mol. The predicted molar refractivity (Wildman–Crippen MR) is 127 cm³/mol. The molecule has 0 aromatic heterocycles. The van der Waals surface area contributed by atoms with Crippen LogP contribution in [0.1, 0.15) is 11.1 Å². The first-order valence-corrected chi connectivity index (χ1v) is 12.3. The Bertz CT molecular complexity index is 1420. The van der Waals surface area contributed by atoms with Crippen molar-refractivity contribution in [3.63, 3.8) is 0 Å². The average Bonchev–Trinajstić information content (AvgIpc) is 2.83. The highest BCUT2D eigenvalue weighted by molar-refractivity contribution is 7.92. The number of alkyl halides is 3. The lowest BCUT2D eigenvalue weighted by atomic mass is 10.1. The predicted octanol–water partition coefficient (Wildman–Crippen LogP) is 4.96. The lowest BCUT2D eigenvalue weighted by molar-refractivity contribution is -0.384. The molecule has 0 fully saturated rings. The number of nitro benzene ring substituents is 1. The zero-order valence-corrected chi connectivity index (χ0v) is 20.3. The van der Waals surface area contributed by atoms with Crippen LogP contribution in [0.25, 0.3) is 0 Å². The quantitative estimate of drug-likeness (QED) is 0.226. The summed E-state index contributed by atoms with van der Waals surface area (Å²) in [6.07, 6.45) is -4.53. The van der Waals surface area contributed by atoms with Crippen LogP contribution < -0.4 is 9.62 Å². The van der Waals surface area contributed by atoms with Crippen LogP contribution in [0.4, 0.5) is 28.9 Å². The lowest BCUT2D eigenvalue weighted by Crippen LogP contribution is -2.41. The molecule has 0 spiro atoms. The minimum atomic E-state index is -4.80. The second-order valence-corrected chi connectivity index (χ2v) is 9.93. The first-order chi connectivity index (χ1) is 17.3. The molecule has 0 unspecified atom stereocenters. The molecule has 0 aliphatic carbocycles. The maximum atomic E-state index is 13.4. The molecule has 0 atom stereocenters. The molecule has 0 radical (unpaired) electrons. The van der Waals surface area contributed by atoms with Gasteiger partial charge in [-0.3, -0.25) is 19.2 Å². The number of sulfonamides is 1. The molecule has 3 rings (SSSR count). The summed E-state index contributed by atoms with van der Waals surface area (Å²) in [5.74, 6) is -1.30.